The molecule has 3 aromatic rings. The highest BCUT2D eigenvalue weighted by Crippen LogP contribution is 2.28. The van der Waals surface area contributed by atoms with Crippen molar-refractivity contribution in [2.24, 2.45) is 0 Å². The van der Waals surface area contributed by atoms with Gasteiger partial charge >= 0.3 is 0 Å². The van der Waals surface area contributed by atoms with Crippen LogP contribution >= 0.6 is 0 Å². The number of amides is 1. The number of rotatable bonds is 5. The van der Waals surface area contributed by atoms with E-state index in [1.807, 2.05) is 78.9 Å². The smallest absolute Gasteiger partial charge is 0.291 e. The Balaban J connectivity index is 1.74. The van der Waals surface area contributed by atoms with Crippen LogP contribution in [0.15, 0.2) is 102 Å². The van der Waals surface area contributed by atoms with Crippen LogP contribution in [0, 0.1) is 0 Å². The highest BCUT2D eigenvalue weighted by Gasteiger charge is 2.33. The first-order valence-electron chi connectivity index (χ1n) is 9.31. The lowest BCUT2D eigenvalue weighted by Crippen LogP contribution is -2.36. The molecule has 0 aromatic heterocycles. The van der Waals surface area contributed by atoms with E-state index in [1.165, 1.54) is 0 Å². The maximum absolute atomic E-state index is 13.3. The zero-order chi connectivity index (χ0) is 20.1. The molecule has 0 fully saturated rings. The van der Waals surface area contributed by atoms with Gasteiger partial charge in [-0.25, -0.2) is 0 Å². The molecule has 0 radical (unpaired) electrons. The maximum atomic E-state index is 13.3. The fourth-order valence-corrected chi connectivity index (χ4v) is 3.14. The van der Waals surface area contributed by atoms with Crippen molar-refractivity contribution in [2.75, 3.05) is 0 Å². The molecule has 0 aliphatic carbocycles. The summed E-state index contributed by atoms with van der Waals surface area (Å²) in [5.74, 6) is -0.667. The summed E-state index contributed by atoms with van der Waals surface area (Å²) in [5.41, 5.74) is 2.89. The molecule has 1 aliphatic heterocycles. The van der Waals surface area contributed by atoms with Crippen LogP contribution in [0.2, 0.25) is 0 Å². The number of carbonyl (C=O) groups is 2. The number of carbonyl (C=O) groups excluding carboxylic acids is 2. The summed E-state index contributed by atoms with van der Waals surface area (Å²) >= 11 is 0. The van der Waals surface area contributed by atoms with Gasteiger partial charge < -0.3 is 10.1 Å². The van der Waals surface area contributed by atoms with Crippen molar-refractivity contribution in [3.63, 3.8) is 0 Å². The van der Waals surface area contributed by atoms with Gasteiger partial charge in [-0.15, -0.1) is 0 Å². The van der Waals surface area contributed by atoms with E-state index in [0.29, 0.717) is 5.56 Å². The molecule has 0 unspecified atom stereocenters. The van der Waals surface area contributed by atoms with E-state index in [2.05, 4.69) is 5.32 Å². The molecule has 0 bridgehead atoms. The predicted octanol–water partition coefficient (Wildman–Crippen LogP) is 4.35. The van der Waals surface area contributed by atoms with Crippen LogP contribution in [0.1, 0.15) is 16.7 Å². The first-order valence-corrected chi connectivity index (χ1v) is 9.31. The molecule has 1 heterocycles. The number of ether oxygens (including phenoxy) is 1. The Hall–Kier alpha value is -3.92. The second-order valence-electron chi connectivity index (χ2n) is 6.60. The van der Waals surface area contributed by atoms with Gasteiger partial charge in [-0.05, 0) is 22.8 Å². The minimum Gasteiger partial charge on any atom is -0.482 e. The number of nitrogens with one attached hydrogen (secondary N) is 1. The van der Waals surface area contributed by atoms with Crippen LogP contribution in [0.5, 0.6) is 0 Å². The summed E-state index contributed by atoms with van der Waals surface area (Å²) < 4.78 is 5.84. The molecular formula is C25H19NO3. The molecule has 0 spiro atoms. The van der Waals surface area contributed by atoms with Crippen LogP contribution < -0.4 is 5.32 Å². The highest BCUT2D eigenvalue weighted by atomic mass is 16.5. The molecule has 0 saturated carbocycles. The number of allylic oxidation sites excluding steroid dienone is 1. The monoisotopic (exact) mass is 381 g/mol. The van der Waals surface area contributed by atoms with Crippen molar-refractivity contribution in [1.29, 1.82) is 0 Å². The van der Waals surface area contributed by atoms with Crippen molar-refractivity contribution in [2.45, 2.75) is 6.61 Å². The third-order valence-corrected chi connectivity index (χ3v) is 4.55. The number of benzene rings is 3. The number of hydrogen-bond acceptors (Lipinski definition) is 3. The summed E-state index contributed by atoms with van der Waals surface area (Å²) in [7, 11) is 0. The van der Waals surface area contributed by atoms with Crippen LogP contribution in [0.3, 0.4) is 0 Å². The van der Waals surface area contributed by atoms with Crippen molar-refractivity contribution in [3.8, 4) is 0 Å². The van der Waals surface area contributed by atoms with E-state index in [4.69, 9.17) is 4.74 Å². The van der Waals surface area contributed by atoms with E-state index in [-0.39, 0.29) is 29.4 Å². The van der Waals surface area contributed by atoms with E-state index < -0.39 is 5.91 Å². The van der Waals surface area contributed by atoms with Crippen molar-refractivity contribution < 1.29 is 14.3 Å². The Labute approximate surface area is 169 Å². The van der Waals surface area contributed by atoms with Gasteiger partial charge in [0.25, 0.3) is 5.91 Å². The molecule has 4 rings (SSSR count). The van der Waals surface area contributed by atoms with Gasteiger partial charge in [0.1, 0.15) is 6.61 Å². The third kappa shape index (κ3) is 4.17. The second kappa shape index (κ2) is 8.40. The Kier molecular flexibility index (Phi) is 5.34. The summed E-state index contributed by atoms with van der Waals surface area (Å²) in [6.45, 7) is 0.199. The largest absolute Gasteiger partial charge is 0.482 e. The Morgan fingerprint density at radius 3 is 2.00 bits per heavy atom. The van der Waals surface area contributed by atoms with Gasteiger partial charge in [-0.2, -0.15) is 0 Å². The maximum Gasteiger partial charge on any atom is 0.291 e. The van der Waals surface area contributed by atoms with Gasteiger partial charge in [0.2, 0.25) is 5.78 Å². The molecule has 4 heteroatoms. The lowest BCUT2D eigenvalue weighted by Gasteiger charge is -2.22. The zero-order valence-corrected chi connectivity index (χ0v) is 15.7. The molecule has 4 nitrogen and oxygen atoms in total. The van der Waals surface area contributed by atoms with E-state index in [9.17, 15) is 9.59 Å². The summed E-state index contributed by atoms with van der Waals surface area (Å²) in [5, 5.41) is 2.69. The molecule has 0 saturated heterocycles. The van der Waals surface area contributed by atoms with Crippen LogP contribution in [0.25, 0.3) is 11.6 Å². The molecule has 1 aliphatic rings. The predicted molar refractivity (Wildman–Crippen MR) is 112 cm³/mol. The quantitative estimate of drug-likeness (QED) is 0.669. The lowest BCUT2D eigenvalue weighted by atomic mass is 9.94. The molecule has 0 atom stereocenters. The minimum absolute atomic E-state index is 0.0373. The number of Topliss-reactive ketones (excluding diaryl/α,β-unsaturated/α-hetero) is 1. The molecule has 142 valence electrons. The van der Waals surface area contributed by atoms with Crippen molar-refractivity contribution >= 4 is 23.3 Å². The van der Waals surface area contributed by atoms with E-state index in [0.717, 1.165) is 11.1 Å². The molecule has 1 amide bonds. The Morgan fingerprint density at radius 2 is 1.34 bits per heavy atom. The van der Waals surface area contributed by atoms with E-state index >= 15 is 0 Å². The average molecular weight is 381 g/mol. The first kappa shape index (κ1) is 18.4. The third-order valence-electron chi connectivity index (χ3n) is 4.55. The minimum atomic E-state index is -0.429. The standard InChI is InChI=1S/C25H19NO3/c27-23-21(16-18-10-4-1-5-11-18)26-25(28)24(22(23)20-14-8-3-9-15-20)29-17-19-12-6-2-7-13-19/h1-16H,17H2,(H,26,28)/b21-16-. The van der Waals surface area contributed by atoms with Gasteiger partial charge in [0.05, 0.1) is 11.3 Å². The van der Waals surface area contributed by atoms with Gasteiger partial charge in [0, 0.05) is 0 Å². The van der Waals surface area contributed by atoms with Crippen LogP contribution in [-0.2, 0) is 20.9 Å². The summed E-state index contributed by atoms with van der Waals surface area (Å²) in [6, 6.07) is 28.1. The Bertz CT molecular complexity index is 1080. The van der Waals surface area contributed by atoms with Crippen LogP contribution in [0.4, 0.5) is 0 Å². The molecule has 3 aromatic carbocycles. The fourth-order valence-electron chi connectivity index (χ4n) is 3.14. The van der Waals surface area contributed by atoms with Crippen molar-refractivity contribution in [3.05, 3.63) is 119 Å². The van der Waals surface area contributed by atoms with E-state index in [1.54, 1.807) is 18.2 Å². The van der Waals surface area contributed by atoms with Crippen LogP contribution in [-0.4, -0.2) is 11.7 Å². The number of hydrogen-bond donors (Lipinski definition) is 1. The highest BCUT2D eigenvalue weighted by molar-refractivity contribution is 6.36. The summed E-state index contributed by atoms with van der Waals surface area (Å²) in [4.78, 5) is 26.1. The molecular weight excluding hydrogens is 362 g/mol. The lowest BCUT2D eigenvalue weighted by molar-refractivity contribution is -0.123. The van der Waals surface area contributed by atoms with Gasteiger partial charge in [-0.3, -0.25) is 9.59 Å². The van der Waals surface area contributed by atoms with Crippen molar-refractivity contribution in [1.82, 2.24) is 5.32 Å². The fraction of sp³-hybridized carbons (Fsp3) is 0.0400. The van der Waals surface area contributed by atoms with Gasteiger partial charge in [0.15, 0.2) is 5.76 Å². The number of ketones is 1. The first-order chi connectivity index (χ1) is 14.2. The zero-order valence-electron chi connectivity index (χ0n) is 15.7. The second-order valence-corrected chi connectivity index (χ2v) is 6.60. The Morgan fingerprint density at radius 1 is 0.759 bits per heavy atom. The normalized spacial score (nSPS) is 15.4. The molecule has 29 heavy (non-hydrogen) atoms. The summed E-state index contributed by atoms with van der Waals surface area (Å²) in [6.07, 6.45) is 1.68. The topological polar surface area (TPSA) is 55.4 Å². The molecule has 1 N–H and O–H groups in total. The SMILES string of the molecule is O=C1N/C(=C\c2ccccc2)C(=O)C(c2ccccc2)=C1OCc1ccccc1. The van der Waals surface area contributed by atoms with Gasteiger partial charge in [-0.1, -0.05) is 91.0 Å². The average Bonchev–Trinajstić information content (AvgIpc) is 2.77.